The van der Waals surface area contributed by atoms with E-state index in [0.29, 0.717) is 0 Å². The summed E-state index contributed by atoms with van der Waals surface area (Å²) >= 11 is 0. The molecule has 15 heavy (non-hydrogen) atoms. The maximum atomic E-state index is 13.1. The number of halogens is 1. The number of amides is 1. The molecule has 0 aliphatic rings. The zero-order chi connectivity index (χ0) is 11.3. The first-order valence-corrected chi connectivity index (χ1v) is 5.06. The van der Waals surface area contributed by atoms with Crippen molar-refractivity contribution >= 4 is 5.91 Å². The summed E-state index contributed by atoms with van der Waals surface area (Å²) in [4.78, 5) is 15.0. The van der Waals surface area contributed by atoms with Crippen molar-refractivity contribution in [2.45, 2.75) is 32.7 Å². The average molecular weight is 210 g/mol. The lowest BCUT2D eigenvalue weighted by molar-refractivity contribution is 0.0933. The maximum Gasteiger partial charge on any atom is 0.256 e. The van der Waals surface area contributed by atoms with Gasteiger partial charge in [-0.3, -0.25) is 4.79 Å². The summed E-state index contributed by atoms with van der Waals surface area (Å²) in [5.74, 6) is -1.12. The summed E-state index contributed by atoms with van der Waals surface area (Å²) in [6.07, 6.45) is 3.19. The Hall–Kier alpha value is -1.45. The number of rotatable bonds is 4. The Balaban J connectivity index is 2.65. The van der Waals surface area contributed by atoms with Crippen molar-refractivity contribution in [3.8, 4) is 0 Å². The molecular weight excluding hydrogens is 195 g/mol. The van der Waals surface area contributed by atoms with Crippen LogP contribution in [0.15, 0.2) is 18.3 Å². The van der Waals surface area contributed by atoms with Gasteiger partial charge in [-0.05, 0) is 25.5 Å². The zero-order valence-electron chi connectivity index (χ0n) is 8.96. The van der Waals surface area contributed by atoms with Crippen LogP contribution < -0.4 is 5.32 Å². The Bertz CT molecular complexity index is 341. The van der Waals surface area contributed by atoms with E-state index in [-0.39, 0.29) is 11.6 Å². The maximum absolute atomic E-state index is 13.1. The van der Waals surface area contributed by atoms with Crippen LogP contribution in [0.3, 0.4) is 0 Å². The molecular formula is C11H15FN2O. The van der Waals surface area contributed by atoms with Gasteiger partial charge in [-0.2, -0.15) is 4.39 Å². The first kappa shape index (κ1) is 11.6. The lowest BCUT2D eigenvalue weighted by Crippen LogP contribution is -2.33. The molecule has 0 aromatic carbocycles. The van der Waals surface area contributed by atoms with E-state index in [1.165, 1.54) is 12.3 Å². The summed E-state index contributed by atoms with van der Waals surface area (Å²) in [7, 11) is 0. The van der Waals surface area contributed by atoms with Gasteiger partial charge < -0.3 is 5.32 Å². The van der Waals surface area contributed by atoms with E-state index in [9.17, 15) is 9.18 Å². The number of carbonyl (C=O) groups excluding carboxylic acids is 1. The van der Waals surface area contributed by atoms with Crippen LogP contribution in [0.4, 0.5) is 4.39 Å². The van der Waals surface area contributed by atoms with Crippen molar-refractivity contribution in [2.24, 2.45) is 0 Å². The van der Waals surface area contributed by atoms with Gasteiger partial charge in [0.05, 0.1) is 5.56 Å². The Labute approximate surface area is 88.7 Å². The van der Waals surface area contributed by atoms with Gasteiger partial charge in [-0.1, -0.05) is 13.3 Å². The third-order valence-electron chi connectivity index (χ3n) is 2.10. The number of hydrogen-bond donors (Lipinski definition) is 1. The number of nitrogens with zero attached hydrogens (tertiary/aromatic N) is 1. The molecule has 0 fully saturated rings. The second kappa shape index (κ2) is 5.44. The molecule has 3 nitrogen and oxygen atoms in total. The quantitative estimate of drug-likeness (QED) is 0.773. The highest BCUT2D eigenvalue weighted by Gasteiger charge is 2.13. The van der Waals surface area contributed by atoms with E-state index in [0.717, 1.165) is 12.8 Å². The van der Waals surface area contributed by atoms with Gasteiger partial charge in [0.1, 0.15) is 0 Å². The molecule has 0 saturated heterocycles. The summed E-state index contributed by atoms with van der Waals surface area (Å²) in [5, 5.41) is 2.72. The first-order valence-electron chi connectivity index (χ1n) is 5.06. The first-order chi connectivity index (χ1) is 7.15. The molecule has 1 rings (SSSR count). The van der Waals surface area contributed by atoms with Crippen molar-refractivity contribution in [3.63, 3.8) is 0 Å². The predicted molar refractivity (Wildman–Crippen MR) is 56.0 cm³/mol. The normalized spacial score (nSPS) is 12.2. The van der Waals surface area contributed by atoms with E-state index in [1.54, 1.807) is 6.07 Å². The minimum absolute atomic E-state index is 0.000420. The van der Waals surface area contributed by atoms with Gasteiger partial charge in [0, 0.05) is 12.2 Å². The van der Waals surface area contributed by atoms with Gasteiger partial charge in [0.2, 0.25) is 5.95 Å². The van der Waals surface area contributed by atoms with E-state index in [2.05, 4.69) is 10.3 Å². The largest absolute Gasteiger partial charge is 0.349 e. The van der Waals surface area contributed by atoms with E-state index in [1.807, 2.05) is 13.8 Å². The average Bonchev–Trinajstić information content (AvgIpc) is 2.18. The zero-order valence-corrected chi connectivity index (χ0v) is 8.96. The number of hydrogen-bond acceptors (Lipinski definition) is 2. The van der Waals surface area contributed by atoms with Crippen LogP contribution in [0, 0.1) is 5.95 Å². The summed E-state index contributed by atoms with van der Waals surface area (Å²) in [6.45, 7) is 3.93. The highest BCUT2D eigenvalue weighted by molar-refractivity contribution is 5.94. The second-order valence-electron chi connectivity index (χ2n) is 3.50. The fourth-order valence-corrected chi connectivity index (χ4v) is 1.36. The van der Waals surface area contributed by atoms with Gasteiger partial charge in [0.15, 0.2) is 0 Å². The molecule has 1 unspecified atom stereocenters. The van der Waals surface area contributed by atoms with E-state index in [4.69, 9.17) is 0 Å². The third kappa shape index (κ3) is 3.31. The molecule has 1 amide bonds. The van der Waals surface area contributed by atoms with Crippen LogP contribution in [-0.4, -0.2) is 16.9 Å². The van der Waals surface area contributed by atoms with E-state index < -0.39 is 11.9 Å². The molecule has 1 heterocycles. The molecule has 4 heteroatoms. The minimum atomic E-state index is -0.723. The van der Waals surface area contributed by atoms with E-state index >= 15 is 0 Å². The third-order valence-corrected chi connectivity index (χ3v) is 2.10. The molecule has 1 N–H and O–H groups in total. The lowest BCUT2D eigenvalue weighted by atomic mass is 10.2. The molecule has 82 valence electrons. The number of nitrogens with one attached hydrogen (secondary N) is 1. The topological polar surface area (TPSA) is 42.0 Å². The second-order valence-corrected chi connectivity index (χ2v) is 3.50. The molecule has 1 aromatic heterocycles. The Kier molecular flexibility index (Phi) is 4.21. The van der Waals surface area contributed by atoms with Crippen LogP contribution in [0.25, 0.3) is 0 Å². The minimum Gasteiger partial charge on any atom is -0.349 e. The lowest BCUT2D eigenvalue weighted by Gasteiger charge is -2.12. The smallest absolute Gasteiger partial charge is 0.256 e. The van der Waals surface area contributed by atoms with Crippen LogP contribution in [-0.2, 0) is 0 Å². The fraction of sp³-hybridized carbons (Fsp3) is 0.455. The van der Waals surface area contributed by atoms with Crippen molar-refractivity contribution in [2.75, 3.05) is 0 Å². The van der Waals surface area contributed by atoms with Crippen molar-refractivity contribution in [1.29, 1.82) is 0 Å². The number of pyridine rings is 1. The molecule has 0 bridgehead atoms. The van der Waals surface area contributed by atoms with Crippen molar-refractivity contribution in [1.82, 2.24) is 10.3 Å². The van der Waals surface area contributed by atoms with Crippen LogP contribution in [0.5, 0.6) is 0 Å². The summed E-state index contributed by atoms with van der Waals surface area (Å²) < 4.78 is 13.1. The Morgan fingerprint density at radius 1 is 1.67 bits per heavy atom. The summed E-state index contributed by atoms with van der Waals surface area (Å²) in [6, 6.07) is 3.03. The molecule has 0 spiro atoms. The molecule has 1 atom stereocenters. The number of carbonyl (C=O) groups is 1. The summed E-state index contributed by atoms with van der Waals surface area (Å²) in [5.41, 5.74) is 0.000420. The van der Waals surface area contributed by atoms with Crippen LogP contribution in [0.1, 0.15) is 37.0 Å². The van der Waals surface area contributed by atoms with Gasteiger partial charge >= 0.3 is 0 Å². The number of aromatic nitrogens is 1. The molecule has 0 aliphatic carbocycles. The van der Waals surface area contributed by atoms with Crippen molar-refractivity contribution in [3.05, 3.63) is 29.8 Å². The van der Waals surface area contributed by atoms with Gasteiger partial charge in [-0.25, -0.2) is 4.98 Å². The molecule has 0 radical (unpaired) electrons. The monoisotopic (exact) mass is 210 g/mol. The SMILES string of the molecule is CCCC(C)NC(=O)c1cccnc1F. The Morgan fingerprint density at radius 3 is 3.00 bits per heavy atom. The highest BCUT2D eigenvalue weighted by Crippen LogP contribution is 2.04. The standard InChI is InChI=1S/C11H15FN2O/c1-3-5-8(2)14-11(15)9-6-4-7-13-10(9)12/h4,6-8H,3,5H2,1-2H3,(H,14,15). The van der Waals surface area contributed by atoms with Gasteiger partial charge in [-0.15, -0.1) is 0 Å². The van der Waals surface area contributed by atoms with Crippen LogP contribution >= 0.6 is 0 Å². The highest BCUT2D eigenvalue weighted by atomic mass is 19.1. The molecule has 0 saturated carbocycles. The Morgan fingerprint density at radius 2 is 2.40 bits per heavy atom. The fourth-order valence-electron chi connectivity index (χ4n) is 1.36. The predicted octanol–water partition coefficient (Wildman–Crippen LogP) is 2.14. The van der Waals surface area contributed by atoms with Gasteiger partial charge in [0.25, 0.3) is 5.91 Å². The molecule has 1 aromatic rings. The van der Waals surface area contributed by atoms with Crippen LogP contribution in [0.2, 0.25) is 0 Å². The molecule has 0 aliphatic heterocycles. The van der Waals surface area contributed by atoms with Crippen molar-refractivity contribution < 1.29 is 9.18 Å².